The number of hydrogen-bond donors (Lipinski definition) is 1. The Morgan fingerprint density at radius 1 is 1.29 bits per heavy atom. The van der Waals surface area contributed by atoms with Gasteiger partial charge in [0.2, 0.25) is 0 Å². The zero-order valence-corrected chi connectivity index (χ0v) is 13.0. The first-order valence-corrected chi connectivity index (χ1v) is 7.46. The lowest BCUT2D eigenvalue weighted by Crippen LogP contribution is -2.17. The molecule has 4 nitrogen and oxygen atoms in total. The summed E-state index contributed by atoms with van der Waals surface area (Å²) in [6.07, 6.45) is 2.90. The zero-order chi connectivity index (χ0) is 15.1. The van der Waals surface area contributed by atoms with E-state index in [1.54, 1.807) is 0 Å². The minimum atomic E-state index is -0.287. The van der Waals surface area contributed by atoms with Crippen LogP contribution < -0.4 is 10.7 Å². The van der Waals surface area contributed by atoms with Gasteiger partial charge >= 0.3 is 0 Å². The van der Waals surface area contributed by atoms with Gasteiger partial charge in [-0.15, -0.1) is 0 Å². The molecule has 106 valence electrons. The fourth-order valence-corrected chi connectivity index (χ4v) is 3.33. The van der Waals surface area contributed by atoms with E-state index in [9.17, 15) is 9.59 Å². The van der Waals surface area contributed by atoms with Gasteiger partial charge in [0.15, 0.2) is 5.43 Å². The topological polar surface area (TPSA) is 59.3 Å². The first-order chi connectivity index (χ1) is 9.95. The molecule has 6 heteroatoms. The van der Waals surface area contributed by atoms with Crippen molar-refractivity contribution >= 4 is 51.3 Å². The Morgan fingerprint density at radius 2 is 2.05 bits per heavy atom. The van der Waals surface area contributed by atoms with E-state index < -0.39 is 0 Å². The highest BCUT2D eigenvalue weighted by Crippen LogP contribution is 2.26. The second-order valence-electron chi connectivity index (χ2n) is 4.83. The van der Waals surface area contributed by atoms with Crippen molar-refractivity contribution in [1.29, 1.82) is 0 Å². The van der Waals surface area contributed by atoms with Gasteiger partial charge < -0.3 is 9.73 Å². The number of aryl methyl sites for hydroxylation is 2. The maximum Gasteiger partial charge on any atom is 0.263 e. The molecule has 1 fully saturated rings. The Balaban J connectivity index is 2.20. The van der Waals surface area contributed by atoms with Crippen molar-refractivity contribution in [2.24, 2.45) is 0 Å². The third-order valence-corrected chi connectivity index (χ3v) is 4.34. The number of benzene rings is 1. The zero-order valence-electron chi connectivity index (χ0n) is 11.4. The molecule has 0 bridgehead atoms. The summed E-state index contributed by atoms with van der Waals surface area (Å²) in [5, 5.41) is 3.06. The number of amides is 1. The number of carbonyl (C=O) groups excluding carboxylic acids is 1. The molecule has 1 saturated heterocycles. The highest BCUT2D eigenvalue weighted by Gasteiger charge is 2.22. The molecule has 3 rings (SSSR count). The Morgan fingerprint density at radius 3 is 2.71 bits per heavy atom. The van der Waals surface area contributed by atoms with Crippen molar-refractivity contribution in [3.05, 3.63) is 50.2 Å². The minimum absolute atomic E-state index is 0.146. The van der Waals surface area contributed by atoms with E-state index in [0.29, 0.717) is 25.8 Å². The summed E-state index contributed by atoms with van der Waals surface area (Å²) in [4.78, 5) is 24.6. The van der Waals surface area contributed by atoms with Crippen LogP contribution in [0.1, 0.15) is 16.7 Å². The summed E-state index contributed by atoms with van der Waals surface area (Å²) in [5.41, 5.74) is 2.64. The van der Waals surface area contributed by atoms with Crippen LogP contribution in [0.25, 0.3) is 17.0 Å². The lowest BCUT2D eigenvalue weighted by atomic mass is 10.0. The van der Waals surface area contributed by atoms with Crippen molar-refractivity contribution in [2.45, 2.75) is 13.8 Å². The Bertz CT molecular complexity index is 880. The predicted octanol–water partition coefficient (Wildman–Crippen LogP) is 2.90. The first kappa shape index (κ1) is 14.0. The highest BCUT2D eigenvalue weighted by molar-refractivity contribution is 8.26. The Kier molecular flexibility index (Phi) is 3.43. The number of carbonyl (C=O) groups is 1. The quantitative estimate of drug-likeness (QED) is 0.647. The molecule has 0 atom stereocenters. The van der Waals surface area contributed by atoms with Crippen molar-refractivity contribution in [3.63, 3.8) is 0 Å². The van der Waals surface area contributed by atoms with E-state index in [4.69, 9.17) is 16.6 Å². The van der Waals surface area contributed by atoms with E-state index in [2.05, 4.69) is 5.32 Å². The van der Waals surface area contributed by atoms with Gasteiger partial charge in [-0.05, 0) is 37.1 Å². The molecular formula is C15H11NO3S2. The number of hydrogen-bond acceptors (Lipinski definition) is 5. The van der Waals surface area contributed by atoms with E-state index in [-0.39, 0.29) is 11.3 Å². The van der Waals surface area contributed by atoms with E-state index in [1.807, 2.05) is 26.0 Å². The van der Waals surface area contributed by atoms with Gasteiger partial charge in [-0.2, -0.15) is 0 Å². The van der Waals surface area contributed by atoms with Crippen LogP contribution in [0, 0.1) is 13.8 Å². The van der Waals surface area contributed by atoms with Gasteiger partial charge in [-0.25, -0.2) is 0 Å². The smallest absolute Gasteiger partial charge is 0.263 e. The summed E-state index contributed by atoms with van der Waals surface area (Å²) in [5.74, 6) is -0.287. The SMILES string of the molecule is Cc1cc(C)c2c(=O)c(/C=C3/SC(=S)NC3=O)coc2c1. The van der Waals surface area contributed by atoms with E-state index in [1.165, 1.54) is 12.3 Å². The van der Waals surface area contributed by atoms with Crippen molar-refractivity contribution < 1.29 is 9.21 Å². The third kappa shape index (κ3) is 2.52. The molecule has 0 aliphatic carbocycles. The average Bonchev–Trinajstić information content (AvgIpc) is 2.70. The van der Waals surface area contributed by atoms with Crippen LogP contribution in [0.5, 0.6) is 0 Å². The molecule has 21 heavy (non-hydrogen) atoms. The van der Waals surface area contributed by atoms with Crippen LogP contribution in [0.3, 0.4) is 0 Å². The number of thiocarbonyl (C=S) groups is 1. The summed E-state index contributed by atoms with van der Waals surface area (Å²) in [6, 6.07) is 3.76. The second kappa shape index (κ2) is 5.13. The van der Waals surface area contributed by atoms with Gasteiger partial charge in [-0.3, -0.25) is 9.59 Å². The van der Waals surface area contributed by atoms with Crippen molar-refractivity contribution in [2.75, 3.05) is 0 Å². The van der Waals surface area contributed by atoms with Gasteiger partial charge in [0.1, 0.15) is 16.2 Å². The second-order valence-corrected chi connectivity index (χ2v) is 6.55. The third-order valence-electron chi connectivity index (χ3n) is 3.17. The van der Waals surface area contributed by atoms with Gasteiger partial charge in [0, 0.05) is 0 Å². The van der Waals surface area contributed by atoms with Crippen LogP contribution in [0.15, 0.2) is 32.5 Å². The average molecular weight is 317 g/mol. The highest BCUT2D eigenvalue weighted by atomic mass is 32.2. The lowest BCUT2D eigenvalue weighted by molar-refractivity contribution is -0.115. The van der Waals surface area contributed by atoms with E-state index in [0.717, 1.165) is 22.9 Å². The summed E-state index contributed by atoms with van der Waals surface area (Å²) in [6.45, 7) is 3.82. The molecule has 1 aromatic carbocycles. The summed E-state index contributed by atoms with van der Waals surface area (Å²) >= 11 is 6.06. The first-order valence-electron chi connectivity index (χ1n) is 6.23. The van der Waals surface area contributed by atoms with E-state index >= 15 is 0 Å². The molecular weight excluding hydrogens is 306 g/mol. The molecule has 1 aromatic heterocycles. The lowest BCUT2D eigenvalue weighted by Gasteiger charge is -2.04. The predicted molar refractivity (Wildman–Crippen MR) is 88.3 cm³/mol. The minimum Gasteiger partial charge on any atom is -0.463 e. The molecule has 2 heterocycles. The Hall–Kier alpha value is -1.92. The van der Waals surface area contributed by atoms with Crippen LogP contribution in [-0.2, 0) is 4.79 Å². The van der Waals surface area contributed by atoms with Gasteiger partial charge in [0.05, 0.1) is 15.9 Å². The number of fused-ring (bicyclic) bond motifs is 1. The number of rotatable bonds is 1. The van der Waals surface area contributed by atoms with Crippen molar-refractivity contribution in [3.8, 4) is 0 Å². The maximum absolute atomic E-state index is 12.6. The molecule has 0 radical (unpaired) electrons. The van der Waals surface area contributed by atoms with Gasteiger partial charge in [-0.1, -0.05) is 30.0 Å². The van der Waals surface area contributed by atoms with Crippen LogP contribution in [-0.4, -0.2) is 10.2 Å². The van der Waals surface area contributed by atoms with Crippen LogP contribution in [0.4, 0.5) is 0 Å². The Labute approximate surface area is 130 Å². The molecule has 1 aliphatic heterocycles. The standard InChI is InChI=1S/C15H11NO3S2/c1-7-3-8(2)12-10(4-7)19-6-9(13(12)17)5-11-14(18)16-15(20)21-11/h3-6H,1-2H3,(H,16,18,20)/b11-5+. The van der Waals surface area contributed by atoms with Gasteiger partial charge in [0.25, 0.3) is 5.91 Å². The summed E-state index contributed by atoms with van der Waals surface area (Å²) < 4.78 is 5.93. The molecule has 1 aliphatic rings. The normalized spacial score (nSPS) is 16.8. The van der Waals surface area contributed by atoms with Crippen molar-refractivity contribution in [1.82, 2.24) is 5.32 Å². The fraction of sp³-hybridized carbons (Fsp3) is 0.133. The number of nitrogens with one attached hydrogen (secondary N) is 1. The maximum atomic E-state index is 12.6. The summed E-state index contributed by atoms with van der Waals surface area (Å²) in [7, 11) is 0. The fourth-order valence-electron chi connectivity index (χ4n) is 2.30. The molecule has 1 amide bonds. The number of thioether (sulfide) groups is 1. The largest absolute Gasteiger partial charge is 0.463 e. The molecule has 0 unspecified atom stereocenters. The molecule has 2 aromatic rings. The molecule has 1 N–H and O–H groups in total. The van der Waals surface area contributed by atoms with Crippen LogP contribution >= 0.6 is 24.0 Å². The van der Waals surface area contributed by atoms with Crippen LogP contribution in [0.2, 0.25) is 0 Å². The molecule has 0 saturated carbocycles. The molecule has 0 spiro atoms. The monoisotopic (exact) mass is 317 g/mol.